The fourth-order valence-corrected chi connectivity index (χ4v) is 4.22. The Bertz CT molecular complexity index is 796. The third-order valence-electron chi connectivity index (χ3n) is 4.44. The molecule has 1 amide bonds. The molecule has 1 aliphatic heterocycles. The molecule has 130 valence electrons. The summed E-state index contributed by atoms with van der Waals surface area (Å²) in [4.78, 5) is 13.3. The van der Waals surface area contributed by atoms with Gasteiger partial charge in [-0.3, -0.25) is 4.79 Å². The monoisotopic (exact) mass is 354 g/mol. The number of rotatable bonds is 5. The smallest absolute Gasteiger partial charge is 0.254 e. The summed E-state index contributed by atoms with van der Waals surface area (Å²) >= 11 is 1.45. The minimum Gasteiger partial charge on any atom is -0.368 e. The number of aryl methyl sites for hydroxylation is 2. The van der Waals surface area contributed by atoms with Crippen LogP contribution >= 0.6 is 11.3 Å². The molecule has 0 bridgehead atoms. The van der Waals surface area contributed by atoms with E-state index in [-0.39, 0.29) is 5.91 Å². The van der Waals surface area contributed by atoms with Crippen LogP contribution in [0.3, 0.4) is 0 Å². The molecule has 1 saturated heterocycles. The molecule has 1 aromatic carbocycles. The SMILES string of the molecule is CCCc1ccc(-c2c(C)sc(NC(=O)[C@@H]3CCCO3)c2C#N)cc1. The molecule has 1 aromatic heterocycles. The van der Waals surface area contributed by atoms with Gasteiger partial charge in [0.05, 0.1) is 5.56 Å². The molecule has 3 rings (SSSR count). The van der Waals surface area contributed by atoms with Gasteiger partial charge in [0.15, 0.2) is 0 Å². The summed E-state index contributed by atoms with van der Waals surface area (Å²) in [5, 5.41) is 13.2. The van der Waals surface area contributed by atoms with Crippen molar-refractivity contribution in [3.8, 4) is 17.2 Å². The Morgan fingerprint density at radius 3 is 2.76 bits per heavy atom. The summed E-state index contributed by atoms with van der Waals surface area (Å²) in [6.07, 6.45) is 3.41. The average molecular weight is 354 g/mol. The lowest BCUT2D eigenvalue weighted by molar-refractivity contribution is -0.124. The van der Waals surface area contributed by atoms with E-state index >= 15 is 0 Å². The summed E-state index contributed by atoms with van der Waals surface area (Å²) in [5.41, 5.74) is 3.77. The van der Waals surface area contributed by atoms with Crippen LogP contribution < -0.4 is 5.32 Å². The van der Waals surface area contributed by atoms with Crippen LogP contribution in [0.1, 0.15) is 42.2 Å². The summed E-state index contributed by atoms with van der Waals surface area (Å²) in [7, 11) is 0. The number of thiophene rings is 1. The van der Waals surface area contributed by atoms with Crippen LogP contribution in [0.4, 0.5) is 5.00 Å². The number of nitrogens with one attached hydrogen (secondary N) is 1. The number of nitrogens with zero attached hydrogens (tertiary/aromatic N) is 1. The number of carbonyl (C=O) groups is 1. The van der Waals surface area contributed by atoms with Crippen LogP contribution in [0.15, 0.2) is 24.3 Å². The zero-order chi connectivity index (χ0) is 17.8. The summed E-state index contributed by atoms with van der Waals surface area (Å²) in [6, 6.07) is 10.6. The topological polar surface area (TPSA) is 62.1 Å². The molecule has 0 spiro atoms. The van der Waals surface area contributed by atoms with Gasteiger partial charge < -0.3 is 10.1 Å². The van der Waals surface area contributed by atoms with Crippen LogP contribution in [-0.4, -0.2) is 18.6 Å². The number of hydrogen-bond donors (Lipinski definition) is 1. The summed E-state index contributed by atoms with van der Waals surface area (Å²) < 4.78 is 5.43. The lowest BCUT2D eigenvalue weighted by Gasteiger charge is -2.09. The molecule has 1 atom stereocenters. The van der Waals surface area contributed by atoms with Crippen molar-refractivity contribution in [3.05, 3.63) is 40.3 Å². The van der Waals surface area contributed by atoms with Crippen molar-refractivity contribution >= 4 is 22.2 Å². The zero-order valence-corrected chi connectivity index (χ0v) is 15.4. The van der Waals surface area contributed by atoms with Gasteiger partial charge in [-0.25, -0.2) is 0 Å². The van der Waals surface area contributed by atoms with Crippen molar-refractivity contribution in [1.82, 2.24) is 0 Å². The molecule has 0 radical (unpaired) electrons. The molecule has 1 aliphatic rings. The van der Waals surface area contributed by atoms with E-state index in [4.69, 9.17) is 4.74 Å². The highest BCUT2D eigenvalue weighted by Gasteiger charge is 2.26. The Morgan fingerprint density at radius 2 is 2.16 bits per heavy atom. The fraction of sp³-hybridized carbons (Fsp3) is 0.400. The van der Waals surface area contributed by atoms with E-state index in [0.29, 0.717) is 17.2 Å². The highest BCUT2D eigenvalue weighted by molar-refractivity contribution is 7.17. The minimum atomic E-state index is -0.397. The fourth-order valence-electron chi connectivity index (χ4n) is 3.19. The first-order valence-electron chi connectivity index (χ1n) is 8.69. The molecule has 2 heterocycles. The normalized spacial score (nSPS) is 16.6. The average Bonchev–Trinajstić information content (AvgIpc) is 3.24. The number of benzene rings is 1. The first-order valence-corrected chi connectivity index (χ1v) is 9.51. The first kappa shape index (κ1) is 17.7. The second-order valence-electron chi connectivity index (χ2n) is 6.29. The van der Waals surface area contributed by atoms with Crippen molar-refractivity contribution in [2.24, 2.45) is 0 Å². The Morgan fingerprint density at radius 1 is 1.40 bits per heavy atom. The third kappa shape index (κ3) is 3.76. The number of carbonyl (C=O) groups excluding carboxylic acids is 1. The maximum Gasteiger partial charge on any atom is 0.254 e. The molecule has 5 heteroatoms. The predicted octanol–water partition coefficient (Wildman–Crippen LogP) is 4.67. The van der Waals surface area contributed by atoms with Gasteiger partial charge in [-0.1, -0.05) is 37.6 Å². The van der Waals surface area contributed by atoms with E-state index in [2.05, 4.69) is 42.6 Å². The van der Waals surface area contributed by atoms with Crippen molar-refractivity contribution in [3.63, 3.8) is 0 Å². The van der Waals surface area contributed by atoms with E-state index < -0.39 is 6.10 Å². The van der Waals surface area contributed by atoms with E-state index in [9.17, 15) is 10.1 Å². The molecular formula is C20H22N2O2S. The standard InChI is InChI=1S/C20H22N2O2S/c1-3-5-14-7-9-15(10-8-14)18-13(2)25-20(16(18)12-21)22-19(23)17-6-4-11-24-17/h7-10,17H,3-6,11H2,1-2H3,(H,22,23)/t17-/m0/s1. The van der Waals surface area contributed by atoms with Crippen LogP contribution in [0.5, 0.6) is 0 Å². The van der Waals surface area contributed by atoms with Crippen LogP contribution in [0.2, 0.25) is 0 Å². The maximum absolute atomic E-state index is 12.3. The molecule has 0 saturated carbocycles. The highest BCUT2D eigenvalue weighted by atomic mass is 32.1. The lowest BCUT2D eigenvalue weighted by Crippen LogP contribution is -2.26. The van der Waals surface area contributed by atoms with Gasteiger partial charge in [0, 0.05) is 17.0 Å². The van der Waals surface area contributed by atoms with Crippen molar-refractivity contribution in [2.75, 3.05) is 11.9 Å². The van der Waals surface area contributed by atoms with Crippen LogP contribution in [0, 0.1) is 18.3 Å². The second-order valence-corrected chi connectivity index (χ2v) is 7.51. The molecule has 2 aromatic rings. The van der Waals surface area contributed by atoms with E-state index in [1.807, 2.05) is 6.92 Å². The van der Waals surface area contributed by atoms with Crippen molar-refractivity contribution < 1.29 is 9.53 Å². The predicted molar refractivity (Wildman–Crippen MR) is 101 cm³/mol. The molecule has 25 heavy (non-hydrogen) atoms. The Hall–Kier alpha value is -2.16. The van der Waals surface area contributed by atoms with Gasteiger partial charge in [-0.05, 0) is 37.3 Å². The number of nitriles is 1. The zero-order valence-electron chi connectivity index (χ0n) is 14.6. The largest absolute Gasteiger partial charge is 0.368 e. The van der Waals surface area contributed by atoms with Gasteiger partial charge in [0.25, 0.3) is 5.91 Å². The molecule has 1 fully saturated rings. The highest BCUT2D eigenvalue weighted by Crippen LogP contribution is 2.39. The second kappa shape index (κ2) is 7.81. The van der Waals surface area contributed by atoms with Crippen LogP contribution in [-0.2, 0) is 16.0 Å². The van der Waals surface area contributed by atoms with Gasteiger partial charge in [0.2, 0.25) is 0 Å². The number of ether oxygens (including phenoxy) is 1. The van der Waals surface area contributed by atoms with Crippen LogP contribution in [0.25, 0.3) is 11.1 Å². The van der Waals surface area contributed by atoms with Gasteiger partial charge in [-0.2, -0.15) is 5.26 Å². The van der Waals surface area contributed by atoms with Crippen molar-refractivity contribution in [2.45, 2.75) is 45.6 Å². The number of amides is 1. The number of anilines is 1. The maximum atomic E-state index is 12.3. The molecule has 0 unspecified atom stereocenters. The molecule has 0 aliphatic carbocycles. The quantitative estimate of drug-likeness (QED) is 0.849. The van der Waals surface area contributed by atoms with Gasteiger partial charge in [0.1, 0.15) is 17.2 Å². The van der Waals surface area contributed by atoms with Crippen molar-refractivity contribution in [1.29, 1.82) is 5.26 Å². The molecule has 4 nitrogen and oxygen atoms in total. The van der Waals surface area contributed by atoms with Gasteiger partial charge >= 0.3 is 0 Å². The van der Waals surface area contributed by atoms with E-state index in [1.165, 1.54) is 16.9 Å². The Balaban J connectivity index is 1.88. The summed E-state index contributed by atoms with van der Waals surface area (Å²) in [5.74, 6) is -0.153. The molecular weight excluding hydrogens is 332 g/mol. The van der Waals surface area contributed by atoms with Gasteiger partial charge in [-0.15, -0.1) is 11.3 Å². The molecule has 1 N–H and O–H groups in total. The Kier molecular flexibility index (Phi) is 5.52. The van der Waals surface area contributed by atoms with E-state index in [0.717, 1.165) is 41.7 Å². The minimum absolute atomic E-state index is 0.153. The Labute approximate surface area is 152 Å². The number of hydrogen-bond acceptors (Lipinski definition) is 4. The summed E-state index contributed by atoms with van der Waals surface area (Å²) in [6.45, 7) is 4.78. The third-order valence-corrected chi connectivity index (χ3v) is 5.46. The van der Waals surface area contributed by atoms with E-state index in [1.54, 1.807) is 0 Å². The first-order chi connectivity index (χ1) is 12.1. The lowest BCUT2D eigenvalue weighted by atomic mass is 9.99.